The van der Waals surface area contributed by atoms with Gasteiger partial charge in [0.15, 0.2) is 0 Å². The highest BCUT2D eigenvalue weighted by molar-refractivity contribution is 6.42. The molecule has 0 bridgehead atoms. The number of amides is 1. The summed E-state index contributed by atoms with van der Waals surface area (Å²) >= 11 is 11.6. The van der Waals surface area contributed by atoms with E-state index in [2.05, 4.69) is 5.32 Å². The second-order valence-electron chi connectivity index (χ2n) is 4.09. The first-order chi connectivity index (χ1) is 9.90. The first-order valence-electron chi connectivity index (χ1n) is 5.72. The summed E-state index contributed by atoms with van der Waals surface area (Å²) in [4.78, 5) is 23.3. The average Bonchev–Trinajstić information content (AvgIpc) is 2.43. The highest BCUT2D eigenvalue weighted by atomic mass is 35.5. The molecule has 0 fully saturated rings. The Balaban J connectivity index is 2.42. The van der Waals surface area contributed by atoms with Crippen molar-refractivity contribution >= 4 is 40.8 Å². The third-order valence-electron chi connectivity index (χ3n) is 2.69. The van der Waals surface area contributed by atoms with Crippen LogP contribution in [0.5, 0.6) is 5.75 Å². The Morgan fingerprint density at radius 1 is 1.00 bits per heavy atom. The number of aromatic carboxylic acids is 1. The summed E-state index contributed by atoms with van der Waals surface area (Å²) in [6.45, 7) is 0. The lowest BCUT2D eigenvalue weighted by Gasteiger charge is -2.10. The van der Waals surface area contributed by atoms with Crippen LogP contribution in [0.25, 0.3) is 0 Å². The monoisotopic (exact) mass is 325 g/mol. The molecule has 0 aromatic heterocycles. The molecule has 0 atom stereocenters. The van der Waals surface area contributed by atoms with Crippen LogP contribution in [0.1, 0.15) is 20.7 Å². The maximum absolute atomic E-state index is 12.2. The number of hydrogen-bond donors (Lipinski definition) is 3. The number of aromatic hydroxyl groups is 1. The minimum Gasteiger partial charge on any atom is -0.506 e. The number of nitrogens with one attached hydrogen (secondary N) is 1. The predicted octanol–water partition coefficient (Wildman–Crippen LogP) is 3.65. The fourth-order valence-electron chi connectivity index (χ4n) is 1.68. The number of anilines is 1. The SMILES string of the molecule is O=C(O)c1cc(Cl)c(Cl)cc1C(=O)Nc1ccccc1O. The fourth-order valence-corrected chi connectivity index (χ4v) is 2.01. The summed E-state index contributed by atoms with van der Waals surface area (Å²) in [5.41, 5.74) is -0.276. The second kappa shape index (κ2) is 6.03. The van der Waals surface area contributed by atoms with Crippen molar-refractivity contribution in [1.29, 1.82) is 0 Å². The van der Waals surface area contributed by atoms with Gasteiger partial charge in [-0.25, -0.2) is 4.79 Å². The molecule has 5 nitrogen and oxygen atoms in total. The Labute approximate surface area is 129 Å². The van der Waals surface area contributed by atoms with Gasteiger partial charge in [-0.15, -0.1) is 0 Å². The van der Waals surface area contributed by atoms with E-state index in [4.69, 9.17) is 28.3 Å². The average molecular weight is 326 g/mol. The van der Waals surface area contributed by atoms with E-state index in [0.29, 0.717) is 0 Å². The standard InChI is InChI=1S/C14H9Cl2NO4/c15-9-5-7(8(14(20)21)6-10(9)16)13(19)17-11-3-1-2-4-12(11)18/h1-6,18H,(H,17,19)(H,20,21). The molecule has 0 aliphatic rings. The molecule has 108 valence electrons. The molecule has 1 amide bonds. The lowest BCUT2D eigenvalue weighted by Crippen LogP contribution is -2.16. The number of carbonyl (C=O) groups is 2. The first kappa shape index (κ1) is 15.2. The summed E-state index contributed by atoms with van der Waals surface area (Å²) in [6, 6.07) is 8.34. The molecule has 0 heterocycles. The number of carbonyl (C=O) groups excluding carboxylic acids is 1. The number of phenolic OH excluding ortho intramolecular Hbond substituents is 1. The molecular formula is C14H9Cl2NO4. The molecule has 2 aromatic carbocycles. The lowest BCUT2D eigenvalue weighted by molar-refractivity contribution is 0.0692. The topological polar surface area (TPSA) is 86.6 Å². The Morgan fingerprint density at radius 3 is 2.14 bits per heavy atom. The highest BCUT2D eigenvalue weighted by Crippen LogP contribution is 2.28. The highest BCUT2D eigenvalue weighted by Gasteiger charge is 2.20. The van der Waals surface area contributed by atoms with Crippen molar-refractivity contribution in [3.8, 4) is 5.75 Å². The summed E-state index contributed by atoms with van der Waals surface area (Å²) in [6.07, 6.45) is 0. The Morgan fingerprint density at radius 2 is 1.57 bits per heavy atom. The summed E-state index contributed by atoms with van der Waals surface area (Å²) in [5, 5.41) is 21.2. The normalized spacial score (nSPS) is 10.2. The zero-order chi connectivity index (χ0) is 15.6. The van der Waals surface area contributed by atoms with Crippen LogP contribution in [0.3, 0.4) is 0 Å². The molecule has 2 rings (SSSR count). The summed E-state index contributed by atoms with van der Waals surface area (Å²) in [5.74, 6) is -2.16. The van der Waals surface area contributed by atoms with Crippen molar-refractivity contribution in [1.82, 2.24) is 0 Å². The van der Waals surface area contributed by atoms with E-state index < -0.39 is 11.9 Å². The van der Waals surface area contributed by atoms with Gasteiger partial charge < -0.3 is 15.5 Å². The Bertz CT molecular complexity index is 731. The number of carboxylic acid groups (broad SMARTS) is 1. The van der Waals surface area contributed by atoms with Crippen LogP contribution in [-0.4, -0.2) is 22.1 Å². The van der Waals surface area contributed by atoms with E-state index in [1.54, 1.807) is 12.1 Å². The fraction of sp³-hybridized carbons (Fsp3) is 0. The number of para-hydroxylation sites is 2. The van der Waals surface area contributed by atoms with Gasteiger partial charge in [0.1, 0.15) is 5.75 Å². The molecule has 0 aliphatic heterocycles. The van der Waals surface area contributed by atoms with Crippen molar-refractivity contribution in [2.45, 2.75) is 0 Å². The van der Waals surface area contributed by atoms with Gasteiger partial charge in [0, 0.05) is 0 Å². The molecule has 21 heavy (non-hydrogen) atoms. The maximum atomic E-state index is 12.2. The van der Waals surface area contributed by atoms with Crippen LogP contribution >= 0.6 is 23.2 Å². The van der Waals surface area contributed by atoms with Crippen LogP contribution < -0.4 is 5.32 Å². The minimum atomic E-state index is -1.31. The van der Waals surface area contributed by atoms with E-state index in [9.17, 15) is 14.7 Å². The minimum absolute atomic E-state index is 0.0353. The molecule has 0 unspecified atom stereocenters. The summed E-state index contributed by atoms with van der Waals surface area (Å²) < 4.78 is 0. The van der Waals surface area contributed by atoms with Gasteiger partial charge in [-0.3, -0.25) is 4.79 Å². The van der Waals surface area contributed by atoms with Crippen molar-refractivity contribution < 1.29 is 19.8 Å². The van der Waals surface area contributed by atoms with Crippen LogP contribution in [0.4, 0.5) is 5.69 Å². The quantitative estimate of drug-likeness (QED) is 0.752. The van der Waals surface area contributed by atoms with Gasteiger partial charge in [0.05, 0.1) is 26.9 Å². The molecule has 0 saturated carbocycles. The molecule has 7 heteroatoms. The van der Waals surface area contributed by atoms with Gasteiger partial charge in [0.25, 0.3) is 5.91 Å². The molecule has 0 radical (unpaired) electrons. The number of rotatable bonds is 3. The summed E-state index contributed by atoms with van der Waals surface area (Å²) in [7, 11) is 0. The van der Waals surface area contributed by atoms with E-state index in [0.717, 1.165) is 6.07 Å². The Hall–Kier alpha value is -2.24. The maximum Gasteiger partial charge on any atom is 0.336 e. The van der Waals surface area contributed by atoms with Gasteiger partial charge in [0.2, 0.25) is 0 Å². The largest absolute Gasteiger partial charge is 0.506 e. The van der Waals surface area contributed by atoms with Gasteiger partial charge in [-0.1, -0.05) is 35.3 Å². The smallest absolute Gasteiger partial charge is 0.336 e. The van der Waals surface area contributed by atoms with Crippen LogP contribution in [0.15, 0.2) is 36.4 Å². The lowest BCUT2D eigenvalue weighted by atomic mass is 10.1. The molecule has 2 aromatic rings. The van der Waals surface area contributed by atoms with Crippen LogP contribution in [-0.2, 0) is 0 Å². The number of halogens is 2. The van der Waals surface area contributed by atoms with Crippen molar-refractivity contribution in [3.63, 3.8) is 0 Å². The molecule has 0 saturated heterocycles. The van der Waals surface area contributed by atoms with Crippen molar-refractivity contribution in [2.75, 3.05) is 5.32 Å². The molecular weight excluding hydrogens is 317 g/mol. The molecule has 0 spiro atoms. The van der Waals surface area contributed by atoms with Gasteiger partial charge in [-0.05, 0) is 24.3 Å². The number of benzene rings is 2. The second-order valence-corrected chi connectivity index (χ2v) is 4.90. The number of hydrogen-bond acceptors (Lipinski definition) is 3. The van der Waals surface area contributed by atoms with E-state index >= 15 is 0 Å². The Kier molecular flexibility index (Phi) is 4.35. The first-order valence-corrected chi connectivity index (χ1v) is 6.47. The number of phenols is 1. The van der Waals surface area contributed by atoms with Crippen LogP contribution in [0.2, 0.25) is 10.0 Å². The van der Waals surface area contributed by atoms with Gasteiger partial charge in [-0.2, -0.15) is 0 Å². The van der Waals surface area contributed by atoms with Crippen molar-refractivity contribution in [2.24, 2.45) is 0 Å². The molecule has 0 aliphatic carbocycles. The van der Waals surface area contributed by atoms with Gasteiger partial charge >= 0.3 is 5.97 Å². The predicted molar refractivity (Wildman–Crippen MR) is 79.5 cm³/mol. The van der Waals surface area contributed by atoms with E-state index in [-0.39, 0.29) is 32.6 Å². The zero-order valence-corrected chi connectivity index (χ0v) is 11.9. The molecule has 3 N–H and O–H groups in total. The third-order valence-corrected chi connectivity index (χ3v) is 3.41. The zero-order valence-electron chi connectivity index (χ0n) is 10.4. The number of carboxylic acids is 1. The van der Waals surface area contributed by atoms with E-state index in [1.165, 1.54) is 18.2 Å². The third kappa shape index (κ3) is 3.26. The van der Waals surface area contributed by atoms with E-state index in [1.807, 2.05) is 0 Å². The van der Waals surface area contributed by atoms with Crippen molar-refractivity contribution in [3.05, 3.63) is 57.6 Å². The van der Waals surface area contributed by atoms with Crippen LogP contribution in [0, 0.1) is 0 Å².